The van der Waals surface area contributed by atoms with Crippen molar-refractivity contribution in [1.29, 1.82) is 0 Å². The van der Waals surface area contributed by atoms with Crippen molar-refractivity contribution in [2.45, 2.75) is 18.6 Å². The quantitative estimate of drug-likeness (QED) is 0.464. The van der Waals surface area contributed by atoms with Crippen LogP contribution in [0.15, 0.2) is 59.8 Å². The second-order valence-electron chi connectivity index (χ2n) is 7.36. The fourth-order valence-electron chi connectivity index (χ4n) is 3.62. The van der Waals surface area contributed by atoms with Gasteiger partial charge in [-0.2, -0.15) is 0 Å². The Balaban J connectivity index is 1.54. The number of hydrogen-bond acceptors (Lipinski definition) is 6. The van der Waals surface area contributed by atoms with E-state index in [0.29, 0.717) is 23.3 Å². The summed E-state index contributed by atoms with van der Waals surface area (Å²) in [5.41, 5.74) is 1.82. The molecule has 0 radical (unpaired) electrons. The van der Waals surface area contributed by atoms with Gasteiger partial charge in [0.15, 0.2) is 11.0 Å². The number of thioether (sulfide) groups is 1. The van der Waals surface area contributed by atoms with Gasteiger partial charge in [0.1, 0.15) is 0 Å². The maximum atomic E-state index is 13.0. The van der Waals surface area contributed by atoms with Crippen molar-refractivity contribution in [2.75, 3.05) is 43.5 Å². The lowest BCUT2D eigenvalue weighted by Gasteiger charge is -2.26. The maximum absolute atomic E-state index is 13.0. The number of para-hydroxylation sites is 1. The Bertz CT molecular complexity index is 1020. The van der Waals surface area contributed by atoms with E-state index in [1.807, 2.05) is 66.1 Å². The number of carbonyl (C=O) groups is 1. The molecule has 0 unspecified atom stereocenters. The summed E-state index contributed by atoms with van der Waals surface area (Å²) in [6.45, 7) is 6.41. The number of rotatable bonds is 8. The minimum Gasteiger partial charge on any atom is -0.379 e. The highest BCUT2D eigenvalue weighted by atomic mass is 35.5. The van der Waals surface area contributed by atoms with Crippen molar-refractivity contribution in [3.8, 4) is 5.69 Å². The molecule has 0 atom stereocenters. The van der Waals surface area contributed by atoms with E-state index in [9.17, 15) is 4.79 Å². The van der Waals surface area contributed by atoms with Crippen molar-refractivity contribution < 1.29 is 9.53 Å². The standard InChI is InChI=1S/C23H26ClN5O2S/c1-2-28(19-6-4-3-5-7-19)22(30)17-32-23-26-25-21(16-27-12-14-31-15-13-27)29(23)20-10-8-18(24)9-11-20/h3-11H,2,12-17H2,1H3. The first kappa shape index (κ1) is 22.8. The number of halogens is 1. The normalized spacial score (nSPS) is 14.4. The van der Waals surface area contributed by atoms with E-state index in [2.05, 4.69) is 15.1 Å². The monoisotopic (exact) mass is 471 g/mol. The molecule has 0 N–H and O–H groups in total. The third-order valence-corrected chi connectivity index (χ3v) is 6.43. The molecule has 4 rings (SSSR count). The number of benzene rings is 2. The van der Waals surface area contributed by atoms with E-state index in [1.165, 1.54) is 11.8 Å². The highest BCUT2D eigenvalue weighted by molar-refractivity contribution is 7.99. The SMILES string of the molecule is CCN(C(=O)CSc1nnc(CN2CCOCC2)n1-c1ccc(Cl)cc1)c1ccccc1. The molecule has 1 saturated heterocycles. The Hall–Kier alpha value is -2.39. The highest BCUT2D eigenvalue weighted by Gasteiger charge is 2.21. The third-order valence-electron chi connectivity index (χ3n) is 5.26. The van der Waals surface area contributed by atoms with E-state index in [0.717, 1.165) is 43.5 Å². The molecule has 2 heterocycles. The zero-order valence-corrected chi connectivity index (χ0v) is 19.6. The van der Waals surface area contributed by atoms with Gasteiger partial charge in [0, 0.05) is 36.0 Å². The lowest BCUT2D eigenvalue weighted by Crippen LogP contribution is -2.36. The largest absolute Gasteiger partial charge is 0.379 e. The summed E-state index contributed by atoms with van der Waals surface area (Å²) in [7, 11) is 0. The van der Waals surface area contributed by atoms with E-state index < -0.39 is 0 Å². The first-order chi connectivity index (χ1) is 15.7. The van der Waals surface area contributed by atoms with Crippen molar-refractivity contribution >= 4 is 35.0 Å². The minimum atomic E-state index is 0.0316. The van der Waals surface area contributed by atoms with Gasteiger partial charge < -0.3 is 9.64 Å². The van der Waals surface area contributed by atoms with Gasteiger partial charge in [0.05, 0.1) is 25.5 Å². The molecular formula is C23H26ClN5O2S. The summed E-state index contributed by atoms with van der Waals surface area (Å²) < 4.78 is 7.48. The van der Waals surface area contributed by atoms with Crippen molar-refractivity contribution in [1.82, 2.24) is 19.7 Å². The number of anilines is 1. The van der Waals surface area contributed by atoms with E-state index in [-0.39, 0.29) is 11.7 Å². The summed E-state index contributed by atoms with van der Waals surface area (Å²) in [5, 5.41) is 10.2. The minimum absolute atomic E-state index is 0.0316. The molecule has 0 aliphatic carbocycles. The molecule has 168 valence electrons. The predicted molar refractivity (Wildman–Crippen MR) is 128 cm³/mol. The molecule has 9 heteroatoms. The molecule has 0 spiro atoms. The number of aromatic nitrogens is 3. The first-order valence-electron chi connectivity index (χ1n) is 10.6. The molecule has 1 aliphatic rings. The van der Waals surface area contributed by atoms with Crippen LogP contribution >= 0.6 is 23.4 Å². The Morgan fingerprint density at radius 1 is 1.09 bits per heavy atom. The molecule has 1 amide bonds. The van der Waals surface area contributed by atoms with Crippen LogP contribution in [0.3, 0.4) is 0 Å². The highest BCUT2D eigenvalue weighted by Crippen LogP contribution is 2.25. The Kier molecular flexibility index (Phi) is 7.81. The van der Waals surface area contributed by atoms with Gasteiger partial charge in [-0.1, -0.05) is 41.6 Å². The summed E-state index contributed by atoms with van der Waals surface area (Å²) in [4.78, 5) is 17.1. The zero-order valence-electron chi connectivity index (χ0n) is 18.0. The van der Waals surface area contributed by atoms with Gasteiger partial charge in [0.25, 0.3) is 0 Å². The van der Waals surface area contributed by atoms with Crippen LogP contribution in [0.5, 0.6) is 0 Å². The number of hydrogen-bond donors (Lipinski definition) is 0. The fraction of sp³-hybridized carbons (Fsp3) is 0.348. The van der Waals surface area contributed by atoms with Crippen molar-refractivity contribution in [2.24, 2.45) is 0 Å². The van der Waals surface area contributed by atoms with Crippen LogP contribution in [0, 0.1) is 0 Å². The fourth-order valence-corrected chi connectivity index (χ4v) is 4.59. The van der Waals surface area contributed by atoms with Gasteiger partial charge in [-0.05, 0) is 43.3 Å². The molecule has 2 aromatic carbocycles. The van der Waals surface area contributed by atoms with Gasteiger partial charge in [-0.25, -0.2) is 0 Å². The summed E-state index contributed by atoms with van der Waals surface area (Å²) in [6.07, 6.45) is 0. The molecule has 1 aromatic heterocycles. The lowest BCUT2D eigenvalue weighted by molar-refractivity contribution is -0.116. The van der Waals surface area contributed by atoms with Crippen LogP contribution in [-0.4, -0.2) is 64.2 Å². The van der Waals surface area contributed by atoms with Crippen LogP contribution in [0.25, 0.3) is 5.69 Å². The van der Waals surface area contributed by atoms with Crippen LogP contribution in [0.1, 0.15) is 12.7 Å². The summed E-state index contributed by atoms with van der Waals surface area (Å²) >= 11 is 7.50. The number of carbonyl (C=O) groups excluding carboxylic acids is 1. The molecule has 32 heavy (non-hydrogen) atoms. The van der Waals surface area contributed by atoms with Crippen LogP contribution in [0.2, 0.25) is 5.02 Å². The third kappa shape index (κ3) is 5.50. The number of ether oxygens (including phenoxy) is 1. The van der Waals surface area contributed by atoms with Crippen LogP contribution in [-0.2, 0) is 16.1 Å². The second-order valence-corrected chi connectivity index (χ2v) is 8.74. The first-order valence-corrected chi connectivity index (χ1v) is 12.0. The van der Waals surface area contributed by atoms with Gasteiger partial charge in [-0.3, -0.25) is 14.3 Å². The molecule has 0 saturated carbocycles. The summed E-state index contributed by atoms with van der Waals surface area (Å²) in [5.74, 6) is 1.13. The van der Waals surface area contributed by atoms with E-state index in [4.69, 9.17) is 16.3 Å². The Morgan fingerprint density at radius 3 is 2.50 bits per heavy atom. The molecule has 0 bridgehead atoms. The topological polar surface area (TPSA) is 63.5 Å². The number of nitrogens with zero attached hydrogens (tertiary/aromatic N) is 5. The molecule has 1 aliphatic heterocycles. The lowest BCUT2D eigenvalue weighted by atomic mass is 10.3. The van der Waals surface area contributed by atoms with Gasteiger partial charge in [-0.15, -0.1) is 10.2 Å². The van der Waals surface area contributed by atoms with E-state index >= 15 is 0 Å². The average Bonchev–Trinajstić information content (AvgIpc) is 3.22. The van der Waals surface area contributed by atoms with Crippen molar-refractivity contribution in [3.63, 3.8) is 0 Å². The molecule has 3 aromatic rings. The van der Waals surface area contributed by atoms with Crippen LogP contribution in [0.4, 0.5) is 5.69 Å². The van der Waals surface area contributed by atoms with E-state index in [1.54, 1.807) is 4.90 Å². The number of morpholine rings is 1. The van der Waals surface area contributed by atoms with Gasteiger partial charge >= 0.3 is 0 Å². The van der Waals surface area contributed by atoms with Gasteiger partial charge in [0.2, 0.25) is 5.91 Å². The molecular weight excluding hydrogens is 446 g/mol. The Labute approximate surface area is 197 Å². The van der Waals surface area contributed by atoms with Crippen LogP contribution < -0.4 is 4.90 Å². The maximum Gasteiger partial charge on any atom is 0.237 e. The number of amides is 1. The Morgan fingerprint density at radius 2 is 1.81 bits per heavy atom. The summed E-state index contributed by atoms with van der Waals surface area (Å²) in [6, 6.07) is 17.3. The van der Waals surface area contributed by atoms with Crippen molar-refractivity contribution in [3.05, 3.63) is 65.4 Å². The predicted octanol–water partition coefficient (Wildman–Crippen LogP) is 3.90. The average molecular weight is 472 g/mol. The second kappa shape index (κ2) is 11.0. The molecule has 7 nitrogen and oxygen atoms in total. The smallest absolute Gasteiger partial charge is 0.237 e. The zero-order chi connectivity index (χ0) is 22.3. The molecule has 1 fully saturated rings.